The van der Waals surface area contributed by atoms with E-state index in [-0.39, 0.29) is 11.0 Å². The molecule has 0 radical (unpaired) electrons. The number of hydrogen-bond acceptors (Lipinski definition) is 2. The van der Waals surface area contributed by atoms with Gasteiger partial charge in [0.15, 0.2) is 0 Å². The summed E-state index contributed by atoms with van der Waals surface area (Å²) in [6.07, 6.45) is 10.8. The van der Waals surface area contributed by atoms with Gasteiger partial charge in [-0.25, -0.2) is 0 Å². The van der Waals surface area contributed by atoms with E-state index in [1.54, 1.807) is 0 Å². The van der Waals surface area contributed by atoms with E-state index in [1.165, 1.54) is 12.8 Å². The van der Waals surface area contributed by atoms with E-state index in [1.807, 2.05) is 13.2 Å². The number of allylic oxidation sites excluding steroid dienone is 2. The van der Waals surface area contributed by atoms with Gasteiger partial charge in [0.2, 0.25) is 0 Å². The van der Waals surface area contributed by atoms with Crippen molar-refractivity contribution in [1.82, 2.24) is 5.32 Å². The van der Waals surface area contributed by atoms with E-state index < -0.39 is 0 Å². The van der Waals surface area contributed by atoms with Crippen LogP contribution in [0.1, 0.15) is 54.4 Å². The van der Waals surface area contributed by atoms with Crippen LogP contribution in [0.15, 0.2) is 24.4 Å². The molecule has 3 atom stereocenters. The molecule has 0 heterocycles. The lowest BCUT2D eigenvalue weighted by Gasteiger charge is -2.38. The highest BCUT2D eigenvalue weighted by Gasteiger charge is 2.32. The van der Waals surface area contributed by atoms with Crippen molar-refractivity contribution in [3.63, 3.8) is 0 Å². The molecule has 0 spiro atoms. The summed E-state index contributed by atoms with van der Waals surface area (Å²) in [6, 6.07) is 0. The summed E-state index contributed by atoms with van der Waals surface area (Å²) >= 11 is 0. The molecule has 19 heavy (non-hydrogen) atoms. The summed E-state index contributed by atoms with van der Waals surface area (Å²) < 4.78 is 0. The molecule has 2 nitrogen and oxygen atoms in total. The molecule has 0 saturated heterocycles. The maximum Gasteiger partial charge on any atom is 0.0355 e. The van der Waals surface area contributed by atoms with Crippen LogP contribution in [0.5, 0.6) is 0 Å². The smallest absolute Gasteiger partial charge is 0.0355 e. The summed E-state index contributed by atoms with van der Waals surface area (Å²) in [5, 5.41) is 3.03. The van der Waals surface area contributed by atoms with Gasteiger partial charge >= 0.3 is 0 Å². The Kier molecular flexibility index (Phi) is 7.43. The first kappa shape index (κ1) is 18.2. The van der Waals surface area contributed by atoms with Crippen LogP contribution in [0.25, 0.3) is 0 Å². The topological polar surface area (TPSA) is 38.0 Å². The maximum atomic E-state index is 6.47. The zero-order chi connectivity index (χ0) is 15.1. The first-order valence-corrected chi connectivity index (χ1v) is 7.48. The molecule has 0 aliphatic heterocycles. The van der Waals surface area contributed by atoms with Gasteiger partial charge in [-0.3, -0.25) is 0 Å². The summed E-state index contributed by atoms with van der Waals surface area (Å²) in [5.74, 6) is 1.08. The largest absolute Gasteiger partial charge is 0.394 e. The van der Waals surface area contributed by atoms with Gasteiger partial charge in [-0.1, -0.05) is 46.3 Å². The van der Waals surface area contributed by atoms with Gasteiger partial charge in [0, 0.05) is 12.6 Å². The summed E-state index contributed by atoms with van der Waals surface area (Å²) in [5.41, 5.74) is 6.45. The molecule has 2 heteroatoms. The Labute approximate surface area is 120 Å². The molecule has 3 N–H and O–H groups in total. The highest BCUT2D eigenvalue weighted by molar-refractivity contribution is 5.06. The minimum atomic E-state index is -0.268. The van der Waals surface area contributed by atoms with Crippen LogP contribution in [0.3, 0.4) is 0 Å². The molecular formula is C17H34N2. The Morgan fingerprint density at radius 1 is 1.21 bits per heavy atom. The number of rotatable bonds is 8. The lowest BCUT2D eigenvalue weighted by molar-refractivity contribution is 0.197. The van der Waals surface area contributed by atoms with Crippen LogP contribution in [0, 0.1) is 17.3 Å². The average Bonchev–Trinajstić information content (AvgIpc) is 2.32. The van der Waals surface area contributed by atoms with E-state index in [9.17, 15) is 0 Å². The average molecular weight is 266 g/mol. The van der Waals surface area contributed by atoms with E-state index in [4.69, 9.17) is 5.73 Å². The van der Waals surface area contributed by atoms with Crippen molar-refractivity contribution < 1.29 is 0 Å². The van der Waals surface area contributed by atoms with Crippen LogP contribution < -0.4 is 11.1 Å². The van der Waals surface area contributed by atoms with Gasteiger partial charge in [-0.05, 0) is 49.8 Å². The van der Waals surface area contributed by atoms with Crippen molar-refractivity contribution in [3.05, 3.63) is 24.4 Å². The zero-order valence-electron chi connectivity index (χ0n) is 14.0. The van der Waals surface area contributed by atoms with Gasteiger partial charge in [0.05, 0.1) is 0 Å². The zero-order valence-corrected chi connectivity index (χ0v) is 14.0. The van der Waals surface area contributed by atoms with Gasteiger partial charge in [0.1, 0.15) is 0 Å². The van der Waals surface area contributed by atoms with Crippen LogP contribution in [0.2, 0.25) is 0 Å². The van der Waals surface area contributed by atoms with E-state index >= 15 is 0 Å². The molecule has 0 aromatic rings. The monoisotopic (exact) mass is 266 g/mol. The Bertz CT molecular complexity index is 300. The minimum Gasteiger partial charge on any atom is -0.394 e. The van der Waals surface area contributed by atoms with Crippen LogP contribution in [-0.2, 0) is 0 Å². The second-order valence-corrected chi connectivity index (χ2v) is 6.64. The quantitative estimate of drug-likeness (QED) is 0.649. The third-order valence-electron chi connectivity index (χ3n) is 4.23. The van der Waals surface area contributed by atoms with Crippen molar-refractivity contribution in [2.24, 2.45) is 23.0 Å². The molecule has 0 amide bonds. The van der Waals surface area contributed by atoms with Crippen LogP contribution in [0.4, 0.5) is 0 Å². The maximum absolute atomic E-state index is 6.47. The van der Waals surface area contributed by atoms with E-state index in [2.05, 4.69) is 65.1 Å². The predicted molar refractivity (Wildman–Crippen MR) is 86.9 cm³/mol. The Morgan fingerprint density at radius 2 is 1.79 bits per heavy atom. The van der Waals surface area contributed by atoms with Gasteiger partial charge in [0.25, 0.3) is 0 Å². The summed E-state index contributed by atoms with van der Waals surface area (Å²) in [6.45, 7) is 13.4. The predicted octanol–water partition coefficient (Wildman–Crippen LogP) is 4.09. The molecule has 0 saturated carbocycles. The fourth-order valence-electron chi connectivity index (χ4n) is 2.79. The second-order valence-electron chi connectivity index (χ2n) is 6.64. The van der Waals surface area contributed by atoms with Crippen LogP contribution in [-0.4, -0.2) is 12.6 Å². The second kappa shape index (κ2) is 7.74. The fourth-order valence-corrected chi connectivity index (χ4v) is 2.79. The third-order valence-corrected chi connectivity index (χ3v) is 4.23. The standard InChI is InChI=1S/C17H34N2/c1-8-10-16(4,5)13-15(9-2)14(3)17(6,18)11-12-19-7/h8,10-12,14-15,19H,9,13,18H2,1-7H3. The Balaban J connectivity index is 4.90. The van der Waals surface area contributed by atoms with Gasteiger partial charge < -0.3 is 11.1 Å². The van der Waals surface area contributed by atoms with Crippen molar-refractivity contribution in [2.45, 2.75) is 59.9 Å². The van der Waals surface area contributed by atoms with Gasteiger partial charge in [-0.2, -0.15) is 0 Å². The van der Waals surface area contributed by atoms with Crippen molar-refractivity contribution >= 4 is 0 Å². The molecule has 0 aromatic heterocycles. The summed E-state index contributed by atoms with van der Waals surface area (Å²) in [4.78, 5) is 0. The third kappa shape index (κ3) is 6.29. The lowest BCUT2D eigenvalue weighted by atomic mass is 9.70. The normalized spacial score (nSPS) is 19.6. The first-order chi connectivity index (χ1) is 8.70. The molecule has 0 rings (SSSR count). The van der Waals surface area contributed by atoms with Crippen LogP contribution >= 0.6 is 0 Å². The molecule has 0 aliphatic rings. The first-order valence-electron chi connectivity index (χ1n) is 7.48. The number of nitrogens with two attached hydrogens (primary N) is 1. The van der Waals surface area contributed by atoms with E-state index in [0.717, 1.165) is 0 Å². The molecule has 0 bridgehead atoms. The van der Waals surface area contributed by atoms with Crippen molar-refractivity contribution in [2.75, 3.05) is 7.05 Å². The molecule has 0 aromatic carbocycles. The van der Waals surface area contributed by atoms with Crippen molar-refractivity contribution in [1.29, 1.82) is 0 Å². The fraction of sp³-hybridized carbons (Fsp3) is 0.765. The molecular weight excluding hydrogens is 232 g/mol. The molecule has 112 valence electrons. The number of nitrogens with one attached hydrogen (secondary N) is 1. The van der Waals surface area contributed by atoms with E-state index in [0.29, 0.717) is 11.8 Å². The molecule has 0 fully saturated rings. The summed E-state index contributed by atoms with van der Waals surface area (Å²) in [7, 11) is 1.91. The molecule has 3 unspecified atom stereocenters. The van der Waals surface area contributed by atoms with Gasteiger partial charge in [-0.15, -0.1) is 0 Å². The Hall–Kier alpha value is -0.760. The molecule has 0 aliphatic carbocycles. The minimum absolute atomic E-state index is 0.243. The number of hydrogen-bond donors (Lipinski definition) is 2. The lowest BCUT2D eigenvalue weighted by Crippen LogP contribution is -2.45. The highest BCUT2D eigenvalue weighted by Crippen LogP contribution is 2.36. The Morgan fingerprint density at radius 3 is 2.21 bits per heavy atom. The van der Waals surface area contributed by atoms with Crippen molar-refractivity contribution in [3.8, 4) is 0 Å². The SMILES string of the molecule is CC=CC(C)(C)CC(CC)C(C)C(C)(N)C=CNC. The highest BCUT2D eigenvalue weighted by atomic mass is 14.8.